The lowest BCUT2D eigenvalue weighted by Crippen LogP contribution is -2.36. The Balaban J connectivity index is 2.05. The Kier molecular flexibility index (Phi) is 4.71. The molecule has 0 saturated carbocycles. The van der Waals surface area contributed by atoms with Crippen LogP contribution in [0.4, 0.5) is 15.8 Å². The third-order valence-electron chi connectivity index (χ3n) is 2.98. The molecule has 0 saturated heterocycles. The second kappa shape index (κ2) is 6.70. The summed E-state index contributed by atoms with van der Waals surface area (Å²) in [6.45, 7) is 2.38. The molecule has 2 aromatic carbocycles. The molecule has 2 rings (SSSR count). The Morgan fingerprint density at radius 1 is 1.10 bits per heavy atom. The van der Waals surface area contributed by atoms with Gasteiger partial charge < -0.3 is 10.2 Å². The van der Waals surface area contributed by atoms with E-state index in [9.17, 15) is 9.18 Å². The van der Waals surface area contributed by atoms with E-state index in [-0.39, 0.29) is 18.3 Å². The number of carbonyl (C=O) groups is 1. The van der Waals surface area contributed by atoms with E-state index < -0.39 is 0 Å². The predicted octanol–water partition coefficient (Wildman–Crippen LogP) is 3.29. The highest BCUT2D eigenvalue weighted by Crippen LogP contribution is 2.18. The molecule has 0 atom stereocenters. The number of nitrogens with one attached hydrogen (secondary N) is 1. The van der Waals surface area contributed by atoms with E-state index in [1.54, 1.807) is 18.2 Å². The van der Waals surface area contributed by atoms with Crippen LogP contribution in [0.15, 0.2) is 54.6 Å². The third-order valence-corrected chi connectivity index (χ3v) is 2.98. The number of hydrogen-bond donors (Lipinski definition) is 1. The van der Waals surface area contributed by atoms with Crippen molar-refractivity contribution < 1.29 is 9.18 Å². The summed E-state index contributed by atoms with van der Waals surface area (Å²) in [5.41, 5.74) is 1.18. The molecule has 0 fully saturated rings. The van der Waals surface area contributed by atoms with Crippen molar-refractivity contribution in [2.24, 2.45) is 0 Å². The van der Waals surface area contributed by atoms with Gasteiger partial charge >= 0.3 is 0 Å². The first-order chi connectivity index (χ1) is 9.72. The molecule has 0 heterocycles. The van der Waals surface area contributed by atoms with Crippen LogP contribution in [0.2, 0.25) is 0 Å². The van der Waals surface area contributed by atoms with Crippen LogP contribution < -0.4 is 10.2 Å². The van der Waals surface area contributed by atoms with Gasteiger partial charge in [0.05, 0.1) is 12.2 Å². The second-order valence-corrected chi connectivity index (χ2v) is 4.31. The average molecular weight is 272 g/mol. The maximum Gasteiger partial charge on any atom is 0.246 e. The SMILES string of the molecule is CCN(C(=O)CNc1ccccc1)c1ccccc1F. The molecule has 1 N–H and O–H groups in total. The van der Waals surface area contributed by atoms with E-state index in [1.807, 2.05) is 37.3 Å². The van der Waals surface area contributed by atoms with E-state index in [4.69, 9.17) is 0 Å². The Bertz CT molecular complexity index is 572. The van der Waals surface area contributed by atoms with Crippen LogP contribution >= 0.6 is 0 Å². The van der Waals surface area contributed by atoms with E-state index in [2.05, 4.69) is 5.32 Å². The molecule has 0 bridgehead atoms. The maximum absolute atomic E-state index is 13.7. The summed E-state index contributed by atoms with van der Waals surface area (Å²) >= 11 is 0. The number of para-hydroxylation sites is 2. The largest absolute Gasteiger partial charge is 0.376 e. The highest BCUT2D eigenvalue weighted by Gasteiger charge is 2.16. The number of amides is 1. The quantitative estimate of drug-likeness (QED) is 0.905. The van der Waals surface area contributed by atoms with Gasteiger partial charge in [0.25, 0.3) is 0 Å². The fourth-order valence-corrected chi connectivity index (χ4v) is 1.98. The molecule has 4 heteroatoms. The molecule has 1 amide bonds. The molecule has 0 aliphatic rings. The van der Waals surface area contributed by atoms with Crippen LogP contribution in [-0.4, -0.2) is 19.0 Å². The van der Waals surface area contributed by atoms with Gasteiger partial charge in [-0.05, 0) is 31.2 Å². The molecule has 0 aromatic heterocycles. The van der Waals surface area contributed by atoms with Gasteiger partial charge in [-0.1, -0.05) is 30.3 Å². The monoisotopic (exact) mass is 272 g/mol. The van der Waals surface area contributed by atoms with E-state index >= 15 is 0 Å². The van der Waals surface area contributed by atoms with Crippen molar-refractivity contribution in [3.8, 4) is 0 Å². The zero-order chi connectivity index (χ0) is 14.4. The van der Waals surface area contributed by atoms with Gasteiger partial charge in [0.15, 0.2) is 0 Å². The summed E-state index contributed by atoms with van der Waals surface area (Å²) in [5.74, 6) is -0.552. The first-order valence-electron chi connectivity index (χ1n) is 6.56. The molecule has 0 spiro atoms. The molecule has 0 aliphatic carbocycles. The first kappa shape index (κ1) is 14.1. The van der Waals surface area contributed by atoms with Crippen molar-refractivity contribution in [2.75, 3.05) is 23.3 Å². The minimum atomic E-state index is -0.387. The summed E-state index contributed by atoms with van der Waals surface area (Å²) in [4.78, 5) is 13.6. The number of rotatable bonds is 5. The Labute approximate surface area is 118 Å². The molecular weight excluding hydrogens is 255 g/mol. The molecule has 0 aliphatic heterocycles. The van der Waals surface area contributed by atoms with Crippen LogP contribution in [0.5, 0.6) is 0 Å². The first-order valence-corrected chi connectivity index (χ1v) is 6.56. The number of likely N-dealkylation sites (N-methyl/N-ethyl adjacent to an activating group) is 1. The van der Waals surface area contributed by atoms with E-state index in [0.717, 1.165) is 5.69 Å². The zero-order valence-electron chi connectivity index (χ0n) is 11.3. The van der Waals surface area contributed by atoms with Gasteiger partial charge in [0.1, 0.15) is 5.82 Å². The van der Waals surface area contributed by atoms with Crippen LogP contribution in [0.25, 0.3) is 0 Å². The van der Waals surface area contributed by atoms with Gasteiger partial charge in [-0.25, -0.2) is 4.39 Å². The van der Waals surface area contributed by atoms with Gasteiger partial charge in [-0.15, -0.1) is 0 Å². The normalized spacial score (nSPS) is 10.1. The van der Waals surface area contributed by atoms with Crippen molar-refractivity contribution in [2.45, 2.75) is 6.92 Å². The zero-order valence-corrected chi connectivity index (χ0v) is 11.3. The summed E-state index contributed by atoms with van der Waals surface area (Å²) < 4.78 is 13.7. The topological polar surface area (TPSA) is 32.3 Å². The fraction of sp³-hybridized carbons (Fsp3) is 0.188. The van der Waals surface area contributed by atoms with Crippen molar-refractivity contribution in [1.29, 1.82) is 0 Å². The van der Waals surface area contributed by atoms with E-state index in [0.29, 0.717) is 12.2 Å². The van der Waals surface area contributed by atoms with Crippen molar-refractivity contribution >= 4 is 17.3 Å². The number of hydrogen-bond acceptors (Lipinski definition) is 2. The lowest BCUT2D eigenvalue weighted by molar-refractivity contribution is -0.117. The van der Waals surface area contributed by atoms with Crippen LogP contribution in [0.1, 0.15) is 6.92 Å². The van der Waals surface area contributed by atoms with Crippen LogP contribution in [-0.2, 0) is 4.79 Å². The maximum atomic E-state index is 13.7. The molecule has 3 nitrogen and oxygen atoms in total. The predicted molar refractivity (Wildman–Crippen MR) is 79.4 cm³/mol. The highest BCUT2D eigenvalue weighted by atomic mass is 19.1. The van der Waals surface area contributed by atoms with Crippen molar-refractivity contribution in [1.82, 2.24) is 0 Å². The summed E-state index contributed by atoms with van der Waals surface area (Å²) in [6, 6.07) is 15.8. The van der Waals surface area contributed by atoms with Crippen molar-refractivity contribution in [3.05, 3.63) is 60.4 Å². The van der Waals surface area contributed by atoms with Crippen LogP contribution in [0.3, 0.4) is 0 Å². The molecule has 104 valence electrons. The highest BCUT2D eigenvalue weighted by molar-refractivity contribution is 5.96. The number of benzene rings is 2. The molecular formula is C16H17FN2O. The third kappa shape index (κ3) is 3.35. The molecule has 0 radical (unpaired) electrons. The standard InChI is InChI=1S/C16H17FN2O/c1-2-19(15-11-7-6-10-14(15)17)16(20)12-18-13-8-4-3-5-9-13/h3-11,18H,2,12H2,1H3. The summed E-state index contributed by atoms with van der Waals surface area (Å²) in [5, 5.41) is 3.03. The molecule has 0 unspecified atom stereocenters. The fourth-order valence-electron chi connectivity index (χ4n) is 1.98. The van der Waals surface area contributed by atoms with Crippen molar-refractivity contribution in [3.63, 3.8) is 0 Å². The van der Waals surface area contributed by atoms with E-state index in [1.165, 1.54) is 11.0 Å². The number of anilines is 2. The summed E-state index contributed by atoms with van der Waals surface area (Å²) in [6.07, 6.45) is 0. The molecule has 20 heavy (non-hydrogen) atoms. The number of nitrogens with zero attached hydrogens (tertiary/aromatic N) is 1. The number of carbonyl (C=O) groups excluding carboxylic acids is 1. The summed E-state index contributed by atoms with van der Waals surface area (Å²) in [7, 11) is 0. The Hall–Kier alpha value is -2.36. The van der Waals surface area contributed by atoms with Gasteiger partial charge in [0, 0.05) is 12.2 Å². The van der Waals surface area contributed by atoms with Gasteiger partial charge in [-0.3, -0.25) is 4.79 Å². The Morgan fingerprint density at radius 2 is 1.75 bits per heavy atom. The lowest BCUT2D eigenvalue weighted by atomic mass is 10.2. The van der Waals surface area contributed by atoms with Crippen LogP contribution in [0, 0.1) is 5.82 Å². The van der Waals surface area contributed by atoms with Gasteiger partial charge in [-0.2, -0.15) is 0 Å². The smallest absolute Gasteiger partial charge is 0.246 e. The minimum absolute atomic E-state index is 0.131. The lowest BCUT2D eigenvalue weighted by Gasteiger charge is -2.22. The van der Waals surface area contributed by atoms with Gasteiger partial charge in [0.2, 0.25) is 5.91 Å². The number of halogens is 1. The minimum Gasteiger partial charge on any atom is -0.376 e. The second-order valence-electron chi connectivity index (χ2n) is 4.31. The Morgan fingerprint density at radius 3 is 2.40 bits per heavy atom. The molecule has 2 aromatic rings. The average Bonchev–Trinajstić information content (AvgIpc) is 2.49.